The van der Waals surface area contributed by atoms with Gasteiger partial charge < -0.3 is 19.8 Å². The minimum atomic E-state index is -5.16. The highest BCUT2D eigenvalue weighted by molar-refractivity contribution is 7.70. The fourth-order valence-electron chi connectivity index (χ4n) is 0.923. The number of halogens is 2. The number of hydrogen-bond acceptors (Lipinski definition) is 5. The van der Waals surface area contributed by atoms with Crippen molar-refractivity contribution in [3.63, 3.8) is 0 Å². The molecule has 0 radical (unpaired) electrons. The first-order valence-corrected chi connectivity index (χ1v) is 9.02. The zero-order valence-corrected chi connectivity index (χ0v) is 12.7. The summed E-state index contributed by atoms with van der Waals surface area (Å²) in [6.45, 7) is 0.269. The maximum Gasteiger partial charge on any atom is 0.370 e. The van der Waals surface area contributed by atoms with Crippen LogP contribution in [0.1, 0.15) is 0 Å². The van der Waals surface area contributed by atoms with E-state index in [1.54, 1.807) is 0 Å². The minimum Gasteiger partial charge on any atom is -0.370 e. The fourth-order valence-corrected chi connectivity index (χ4v) is 3.95. The van der Waals surface area contributed by atoms with Crippen molar-refractivity contribution in [3.8, 4) is 0 Å². The third kappa shape index (κ3) is 5.84. The second-order valence-electron chi connectivity index (χ2n) is 3.38. The molecule has 0 aliphatic heterocycles. The van der Waals surface area contributed by atoms with Gasteiger partial charge in [0.25, 0.3) is 5.59 Å². The number of nitrogens with zero attached hydrogens (tertiary/aromatic N) is 1. The molecule has 0 saturated heterocycles. The normalized spacial score (nSPS) is 19.6. The molecule has 12 heteroatoms. The molecule has 0 aromatic rings. The predicted octanol–water partition coefficient (Wildman–Crippen LogP) is 0.377. The summed E-state index contributed by atoms with van der Waals surface area (Å²) < 4.78 is 26.8. The van der Waals surface area contributed by atoms with Crippen molar-refractivity contribution in [2.45, 2.75) is 11.8 Å². The zero-order valence-electron chi connectivity index (χ0n) is 9.39. The van der Waals surface area contributed by atoms with Crippen LogP contribution in [0.4, 0.5) is 0 Å². The van der Waals surface area contributed by atoms with Crippen LogP contribution in [-0.4, -0.2) is 61.9 Å². The molecular weight excluding hydrogens is 331 g/mol. The van der Waals surface area contributed by atoms with Gasteiger partial charge in [0.15, 0.2) is 0 Å². The Morgan fingerprint density at radius 3 is 2.11 bits per heavy atom. The van der Waals surface area contributed by atoms with Gasteiger partial charge >= 0.3 is 15.2 Å². The van der Waals surface area contributed by atoms with Crippen LogP contribution in [0.25, 0.3) is 0 Å². The van der Waals surface area contributed by atoms with Crippen LogP contribution in [-0.2, 0) is 13.7 Å². The molecule has 0 fully saturated rings. The molecule has 0 aliphatic rings. The molecule has 0 aromatic heterocycles. The Labute approximate surface area is 114 Å². The molecule has 110 valence electrons. The topological polar surface area (TPSA) is 128 Å². The van der Waals surface area contributed by atoms with Crippen LogP contribution < -0.4 is 0 Å². The van der Waals surface area contributed by atoms with E-state index in [1.807, 2.05) is 0 Å². The quantitative estimate of drug-likeness (QED) is 0.282. The van der Waals surface area contributed by atoms with E-state index in [2.05, 4.69) is 4.52 Å². The van der Waals surface area contributed by atoms with E-state index in [9.17, 15) is 14.0 Å². The van der Waals surface area contributed by atoms with E-state index >= 15 is 0 Å². The van der Waals surface area contributed by atoms with Gasteiger partial charge in [0, 0.05) is 12.4 Å². The molecular formula is C6H15Cl2NO7P2. The highest BCUT2D eigenvalue weighted by Gasteiger charge is 2.45. The van der Waals surface area contributed by atoms with Gasteiger partial charge in [0.1, 0.15) is 6.23 Å². The molecule has 4 N–H and O–H groups in total. The molecule has 0 rings (SSSR count). The van der Waals surface area contributed by atoms with Gasteiger partial charge in [-0.25, -0.2) is 0 Å². The molecule has 0 spiro atoms. The van der Waals surface area contributed by atoms with E-state index in [4.69, 9.17) is 38.1 Å². The lowest BCUT2D eigenvalue weighted by molar-refractivity contribution is 0.0484. The summed E-state index contributed by atoms with van der Waals surface area (Å²) in [6.07, 6.45) is -1.11. The van der Waals surface area contributed by atoms with Gasteiger partial charge in [-0.15, -0.1) is 23.2 Å². The van der Waals surface area contributed by atoms with Crippen LogP contribution in [0.15, 0.2) is 0 Å². The lowest BCUT2D eigenvalue weighted by Gasteiger charge is -2.29. The minimum absolute atomic E-state index is 0.198. The number of alkyl halides is 2. The number of aliphatic hydroxyl groups is 1. The smallest absolute Gasteiger partial charge is 0.370 e. The van der Waals surface area contributed by atoms with E-state index in [-0.39, 0.29) is 18.3 Å². The number of aliphatic hydroxyl groups excluding tert-OH is 1. The third-order valence-corrected chi connectivity index (χ3v) is 5.87. The van der Waals surface area contributed by atoms with Gasteiger partial charge in [-0.1, -0.05) is 0 Å². The van der Waals surface area contributed by atoms with E-state index < -0.39 is 27.0 Å². The molecule has 0 aliphatic carbocycles. The Balaban J connectivity index is 4.83. The van der Waals surface area contributed by atoms with Crippen molar-refractivity contribution in [2.75, 3.05) is 25.4 Å². The van der Waals surface area contributed by atoms with Crippen molar-refractivity contribution in [1.29, 1.82) is 0 Å². The van der Waals surface area contributed by atoms with Gasteiger partial charge in [-0.3, -0.25) is 18.6 Å². The van der Waals surface area contributed by atoms with Gasteiger partial charge in [-0.05, 0) is 7.05 Å². The van der Waals surface area contributed by atoms with E-state index in [0.29, 0.717) is 0 Å². The average Bonchev–Trinajstić information content (AvgIpc) is 2.23. The molecule has 0 saturated carbocycles. The summed E-state index contributed by atoms with van der Waals surface area (Å²) in [5.41, 5.74) is -2.81. The number of hydrogen-bond donors (Lipinski definition) is 4. The van der Waals surface area contributed by atoms with Crippen molar-refractivity contribution in [2.24, 2.45) is 0 Å². The molecule has 3 unspecified atom stereocenters. The molecule has 0 bridgehead atoms. The maximum atomic E-state index is 11.5. The lowest BCUT2D eigenvalue weighted by Crippen LogP contribution is -2.37. The van der Waals surface area contributed by atoms with Crippen LogP contribution in [0, 0.1) is 0 Å². The van der Waals surface area contributed by atoms with Crippen molar-refractivity contribution in [1.82, 2.24) is 4.90 Å². The first kappa shape index (κ1) is 18.8. The summed E-state index contributed by atoms with van der Waals surface area (Å²) in [7, 11) is -8.61. The summed E-state index contributed by atoms with van der Waals surface area (Å²) in [5.74, 6) is -0.0458. The predicted molar refractivity (Wildman–Crippen MR) is 66.8 cm³/mol. The Morgan fingerprint density at radius 2 is 1.78 bits per heavy atom. The van der Waals surface area contributed by atoms with Crippen molar-refractivity contribution >= 4 is 38.4 Å². The maximum absolute atomic E-state index is 11.5. The fraction of sp³-hybridized carbons (Fsp3) is 1.00. The Kier molecular flexibility index (Phi) is 7.88. The molecule has 0 heterocycles. The van der Waals surface area contributed by atoms with Crippen molar-refractivity contribution in [3.05, 3.63) is 0 Å². The largest absolute Gasteiger partial charge is 0.370 e. The van der Waals surface area contributed by atoms with Gasteiger partial charge in [0.05, 0.1) is 5.88 Å². The van der Waals surface area contributed by atoms with Gasteiger partial charge in [-0.2, -0.15) is 0 Å². The van der Waals surface area contributed by atoms with Crippen LogP contribution >= 0.6 is 38.4 Å². The number of rotatable bonds is 8. The Bertz CT molecular complexity index is 351. The summed E-state index contributed by atoms with van der Waals surface area (Å²) in [5, 5.41) is 9.08. The standard InChI is InChI=1S/C6H15Cl2NO7P2/c1-9(3-2-7)5(4-8)16-18(14,15)6(10)17(11,12)13/h5-6,10H,2-4H2,1H3,(H,14,15)(H2,11,12,13). The second kappa shape index (κ2) is 7.55. The third-order valence-electron chi connectivity index (χ3n) is 1.93. The molecule has 18 heavy (non-hydrogen) atoms. The summed E-state index contributed by atoms with van der Waals surface area (Å²) >= 11 is 11.0. The summed E-state index contributed by atoms with van der Waals surface area (Å²) in [6, 6.07) is 0. The van der Waals surface area contributed by atoms with Crippen molar-refractivity contribution < 1.29 is 33.4 Å². The lowest BCUT2D eigenvalue weighted by atomic mass is 10.5. The zero-order chi connectivity index (χ0) is 14.6. The van der Waals surface area contributed by atoms with Crippen LogP contribution in [0.2, 0.25) is 0 Å². The second-order valence-corrected chi connectivity index (χ2v) is 7.97. The summed E-state index contributed by atoms with van der Waals surface area (Å²) in [4.78, 5) is 27.9. The van der Waals surface area contributed by atoms with Gasteiger partial charge in [0.2, 0.25) is 0 Å². The molecule has 0 amide bonds. The SMILES string of the molecule is CN(CCCl)C(CCl)OP(=O)(O)C(O)P(=O)(O)O. The van der Waals surface area contributed by atoms with E-state index in [0.717, 1.165) is 0 Å². The Hall–Kier alpha value is 0.800. The van der Waals surface area contributed by atoms with Crippen LogP contribution in [0.3, 0.4) is 0 Å². The highest BCUT2D eigenvalue weighted by Crippen LogP contribution is 2.61. The monoisotopic (exact) mass is 345 g/mol. The molecule has 8 nitrogen and oxygen atoms in total. The Morgan fingerprint density at radius 1 is 1.28 bits per heavy atom. The van der Waals surface area contributed by atoms with E-state index in [1.165, 1.54) is 11.9 Å². The molecule has 3 atom stereocenters. The highest BCUT2D eigenvalue weighted by atomic mass is 35.5. The first-order valence-electron chi connectivity index (χ1n) is 4.62. The molecule has 0 aromatic carbocycles. The van der Waals surface area contributed by atoms with Crippen LogP contribution in [0.5, 0.6) is 0 Å². The first-order chi connectivity index (χ1) is 8.06. The average molecular weight is 346 g/mol.